The van der Waals surface area contributed by atoms with E-state index in [1.165, 1.54) is 4.68 Å². The monoisotopic (exact) mass is 283 g/mol. The Morgan fingerprint density at radius 1 is 1.24 bits per heavy atom. The first-order valence-electron chi connectivity index (χ1n) is 6.70. The maximum atomic E-state index is 12.7. The molecule has 0 radical (unpaired) electrons. The fourth-order valence-electron chi connectivity index (χ4n) is 2.28. The molecule has 2 aromatic heterocycles. The lowest BCUT2D eigenvalue weighted by atomic mass is 10.1. The van der Waals surface area contributed by atoms with Gasteiger partial charge in [0.05, 0.1) is 11.7 Å². The molecule has 2 heterocycles. The van der Waals surface area contributed by atoms with E-state index in [1.54, 1.807) is 35.3 Å². The van der Waals surface area contributed by atoms with Crippen LogP contribution in [0.25, 0.3) is 16.7 Å². The average Bonchev–Trinajstić information content (AvgIpc) is 2.80. The van der Waals surface area contributed by atoms with Gasteiger partial charge in [-0.2, -0.15) is 5.10 Å². The normalized spacial score (nSPS) is 12.0. The van der Waals surface area contributed by atoms with E-state index in [-0.39, 0.29) is 16.9 Å². The third-order valence-electron chi connectivity index (χ3n) is 3.34. The number of rotatable bonds is 1. The molecule has 0 aliphatic carbocycles. The maximum Gasteiger partial charge on any atom is 0.296 e. The summed E-state index contributed by atoms with van der Waals surface area (Å²) >= 11 is 0. The van der Waals surface area contributed by atoms with E-state index in [4.69, 9.17) is 5.73 Å². The van der Waals surface area contributed by atoms with Gasteiger partial charge in [-0.1, -0.05) is 0 Å². The second kappa shape index (κ2) is 4.44. The number of aromatic nitrogens is 4. The van der Waals surface area contributed by atoms with Crippen LogP contribution in [-0.4, -0.2) is 19.3 Å². The molecule has 0 spiro atoms. The average molecular weight is 283 g/mol. The highest BCUT2D eigenvalue weighted by Gasteiger charge is 2.18. The summed E-state index contributed by atoms with van der Waals surface area (Å²) in [4.78, 5) is 16.9. The highest BCUT2D eigenvalue weighted by molar-refractivity contribution is 5.83. The minimum absolute atomic E-state index is 0.183. The van der Waals surface area contributed by atoms with E-state index >= 15 is 0 Å². The standard InChI is InChI=1S/C15H17N5O/c1-15(2,3)19-7-6-17-13(14(19)21)20-12-8-11(16)5-4-10(12)9-18-20/h4-9H,16H2,1-3H3. The van der Waals surface area contributed by atoms with Gasteiger partial charge in [0.1, 0.15) is 0 Å². The molecule has 0 saturated carbocycles. The zero-order valence-corrected chi connectivity index (χ0v) is 12.2. The largest absolute Gasteiger partial charge is 0.399 e. The fraction of sp³-hybridized carbons (Fsp3) is 0.267. The number of nitrogens with two attached hydrogens (primary N) is 1. The van der Waals surface area contributed by atoms with Gasteiger partial charge in [-0.3, -0.25) is 4.79 Å². The van der Waals surface area contributed by atoms with Crippen LogP contribution in [0.3, 0.4) is 0 Å². The van der Waals surface area contributed by atoms with Gasteiger partial charge in [0.15, 0.2) is 0 Å². The molecule has 0 amide bonds. The molecule has 2 N–H and O–H groups in total. The maximum absolute atomic E-state index is 12.7. The van der Waals surface area contributed by atoms with Crippen molar-refractivity contribution < 1.29 is 0 Å². The van der Waals surface area contributed by atoms with Gasteiger partial charge >= 0.3 is 0 Å². The summed E-state index contributed by atoms with van der Waals surface area (Å²) < 4.78 is 3.19. The molecule has 0 aliphatic heterocycles. The van der Waals surface area contributed by atoms with Crippen LogP contribution in [0.15, 0.2) is 41.6 Å². The lowest BCUT2D eigenvalue weighted by Gasteiger charge is -2.22. The number of benzene rings is 1. The quantitative estimate of drug-likeness (QED) is 0.692. The molecule has 0 atom stereocenters. The summed E-state index contributed by atoms with van der Waals surface area (Å²) in [5.41, 5.74) is 6.71. The molecule has 1 aromatic carbocycles. The molecule has 0 aliphatic rings. The summed E-state index contributed by atoms with van der Waals surface area (Å²) in [6.45, 7) is 5.91. The zero-order valence-electron chi connectivity index (χ0n) is 12.2. The van der Waals surface area contributed by atoms with E-state index < -0.39 is 0 Å². The van der Waals surface area contributed by atoms with Crippen LogP contribution in [0, 0.1) is 0 Å². The molecule has 6 heteroatoms. The van der Waals surface area contributed by atoms with Crippen molar-refractivity contribution in [3.8, 4) is 5.82 Å². The number of nitrogen functional groups attached to an aromatic ring is 1. The first-order valence-corrected chi connectivity index (χ1v) is 6.70. The first kappa shape index (κ1) is 13.4. The van der Waals surface area contributed by atoms with Crippen molar-refractivity contribution in [2.75, 3.05) is 5.73 Å². The van der Waals surface area contributed by atoms with Crippen LogP contribution < -0.4 is 11.3 Å². The van der Waals surface area contributed by atoms with Crippen LogP contribution in [0.4, 0.5) is 5.69 Å². The Labute approximate surface area is 121 Å². The van der Waals surface area contributed by atoms with E-state index in [0.29, 0.717) is 5.69 Å². The SMILES string of the molecule is CC(C)(C)n1ccnc(-n2ncc3ccc(N)cc32)c1=O. The third kappa shape index (κ3) is 2.18. The topological polar surface area (TPSA) is 78.7 Å². The molecule has 3 aromatic rings. The molecular weight excluding hydrogens is 266 g/mol. The van der Waals surface area contributed by atoms with Crippen LogP contribution in [0.1, 0.15) is 20.8 Å². The highest BCUT2D eigenvalue weighted by atomic mass is 16.1. The summed E-state index contributed by atoms with van der Waals surface area (Å²) in [6.07, 6.45) is 5.00. The van der Waals surface area contributed by atoms with Crippen molar-refractivity contribution in [1.82, 2.24) is 19.3 Å². The number of hydrogen-bond acceptors (Lipinski definition) is 4. The molecule has 108 valence electrons. The van der Waals surface area contributed by atoms with Crippen molar-refractivity contribution in [3.05, 3.63) is 47.1 Å². The zero-order chi connectivity index (χ0) is 15.2. The van der Waals surface area contributed by atoms with Crippen LogP contribution in [0.5, 0.6) is 0 Å². The smallest absolute Gasteiger partial charge is 0.296 e. The Morgan fingerprint density at radius 3 is 2.71 bits per heavy atom. The Hall–Kier alpha value is -2.63. The van der Waals surface area contributed by atoms with Gasteiger partial charge in [-0.25, -0.2) is 9.67 Å². The second-order valence-corrected chi connectivity index (χ2v) is 5.97. The van der Waals surface area contributed by atoms with Crippen molar-refractivity contribution in [3.63, 3.8) is 0 Å². The summed E-state index contributed by atoms with van der Waals surface area (Å²) in [7, 11) is 0. The summed E-state index contributed by atoms with van der Waals surface area (Å²) in [5, 5.41) is 5.19. The molecule has 3 rings (SSSR count). The molecule has 0 bridgehead atoms. The first-order chi connectivity index (χ1) is 9.88. The Bertz CT molecular complexity index is 870. The van der Waals surface area contributed by atoms with Crippen molar-refractivity contribution in [2.24, 2.45) is 0 Å². The molecule has 0 unspecified atom stereocenters. The fourth-order valence-corrected chi connectivity index (χ4v) is 2.28. The lowest BCUT2D eigenvalue weighted by molar-refractivity contribution is 0.381. The predicted octanol–water partition coefficient (Wildman–Crippen LogP) is 1.92. The van der Waals surface area contributed by atoms with Crippen molar-refractivity contribution in [1.29, 1.82) is 0 Å². The molecule has 21 heavy (non-hydrogen) atoms. The summed E-state index contributed by atoms with van der Waals surface area (Å²) in [5.74, 6) is 0.271. The van der Waals surface area contributed by atoms with E-state index in [1.807, 2.05) is 26.8 Å². The number of anilines is 1. The van der Waals surface area contributed by atoms with Crippen LogP contribution >= 0.6 is 0 Å². The van der Waals surface area contributed by atoms with E-state index in [2.05, 4.69) is 10.1 Å². The Kier molecular flexibility index (Phi) is 2.83. The van der Waals surface area contributed by atoms with E-state index in [0.717, 1.165) is 10.9 Å². The van der Waals surface area contributed by atoms with Gasteiger partial charge < -0.3 is 10.3 Å². The minimum atomic E-state index is -0.323. The van der Waals surface area contributed by atoms with Gasteiger partial charge in [0.2, 0.25) is 5.82 Å². The number of fused-ring (bicyclic) bond motifs is 1. The van der Waals surface area contributed by atoms with Gasteiger partial charge in [0, 0.05) is 29.0 Å². The van der Waals surface area contributed by atoms with Gasteiger partial charge in [-0.05, 0) is 39.0 Å². The molecule has 0 saturated heterocycles. The number of hydrogen-bond donors (Lipinski definition) is 1. The van der Waals surface area contributed by atoms with Crippen LogP contribution in [0.2, 0.25) is 0 Å². The molecule has 6 nitrogen and oxygen atoms in total. The third-order valence-corrected chi connectivity index (χ3v) is 3.34. The van der Waals surface area contributed by atoms with E-state index in [9.17, 15) is 4.79 Å². The highest BCUT2D eigenvalue weighted by Crippen LogP contribution is 2.19. The Balaban J connectivity index is 2.29. The van der Waals surface area contributed by atoms with Crippen molar-refractivity contribution in [2.45, 2.75) is 26.3 Å². The van der Waals surface area contributed by atoms with Gasteiger partial charge in [0.25, 0.3) is 5.56 Å². The van der Waals surface area contributed by atoms with Crippen LogP contribution in [-0.2, 0) is 5.54 Å². The summed E-state index contributed by atoms with van der Waals surface area (Å²) in [6, 6.07) is 5.47. The lowest BCUT2D eigenvalue weighted by Crippen LogP contribution is -2.36. The van der Waals surface area contributed by atoms with Gasteiger partial charge in [-0.15, -0.1) is 0 Å². The molecule has 0 fully saturated rings. The minimum Gasteiger partial charge on any atom is -0.399 e. The number of nitrogens with zero attached hydrogens (tertiary/aromatic N) is 4. The Morgan fingerprint density at radius 2 is 2.00 bits per heavy atom. The second-order valence-electron chi connectivity index (χ2n) is 5.97. The van der Waals surface area contributed by atoms with Crippen molar-refractivity contribution >= 4 is 16.6 Å². The molecular formula is C15H17N5O. The predicted molar refractivity (Wildman–Crippen MR) is 82.5 cm³/mol.